The number of likely N-dealkylation sites (N-methyl/N-ethyl adjacent to an activating group) is 1. The molecule has 3 aromatic heterocycles. The second kappa shape index (κ2) is 12.0. The molecule has 0 saturated carbocycles. The third-order valence-corrected chi connectivity index (χ3v) is 5.96. The highest BCUT2D eigenvalue weighted by atomic mass is 16.1. The molecule has 0 spiro atoms. The lowest BCUT2D eigenvalue weighted by Crippen LogP contribution is -2.12. The highest BCUT2D eigenvalue weighted by Gasteiger charge is 2.08. The van der Waals surface area contributed by atoms with Gasteiger partial charge in [-0.05, 0) is 68.7 Å². The predicted octanol–water partition coefficient (Wildman–Crippen LogP) is 5.55. The fourth-order valence-electron chi connectivity index (χ4n) is 3.97. The Balaban J connectivity index is 1.20. The number of aromatic nitrogens is 4. The molecule has 0 bridgehead atoms. The monoisotopic (exact) mass is 518 g/mol. The molecule has 0 aliphatic heterocycles. The van der Waals surface area contributed by atoms with Crippen molar-refractivity contribution in [2.45, 2.75) is 0 Å². The number of H-pyrrole nitrogens is 1. The van der Waals surface area contributed by atoms with Gasteiger partial charge in [0.15, 0.2) is 0 Å². The first kappa shape index (κ1) is 25.6. The molecule has 5 aromatic rings. The van der Waals surface area contributed by atoms with Crippen LogP contribution in [0, 0.1) is 0 Å². The number of rotatable bonds is 10. The van der Waals surface area contributed by atoms with E-state index in [0.29, 0.717) is 17.1 Å². The number of nitrogens with zero attached hydrogens (tertiary/aromatic N) is 4. The van der Waals surface area contributed by atoms with Gasteiger partial charge in [0.25, 0.3) is 5.91 Å². The first-order chi connectivity index (χ1) is 19.0. The number of anilines is 4. The quantitative estimate of drug-likeness (QED) is 0.180. The standard InChI is InChI=1S/C30H30N8O/c1-38(2)15-4-3-13-31-24-10-8-21(9-11-24)30(39)37-26-7-5-6-25(17-26)36-28-18-27(34-20-35-28)23-16-22-12-14-32-29(22)33-19-23/h3-12,14,16-20,31H,13,15H2,1-2H3,(H,32,33)(H,37,39)(H,34,35,36)/b4-3+. The van der Waals surface area contributed by atoms with E-state index in [4.69, 9.17) is 0 Å². The van der Waals surface area contributed by atoms with Crippen molar-refractivity contribution in [1.82, 2.24) is 24.8 Å². The van der Waals surface area contributed by atoms with Crippen molar-refractivity contribution in [1.29, 1.82) is 0 Å². The Bertz CT molecular complexity index is 1590. The van der Waals surface area contributed by atoms with Crippen LogP contribution in [0.25, 0.3) is 22.3 Å². The van der Waals surface area contributed by atoms with Crippen LogP contribution in [0.4, 0.5) is 22.9 Å². The highest BCUT2D eigenvalue weighted by molar-refractivity contribution is 6.04. The molecule has 9 nitrogen and oxygen atoms in total. The Morgan fingerprint density at radius 3 is 2.62 bits per heavy atom. The van der Waals surface area contributed by atoms with Crippen molar-refractivity contribution in [2.75, 3.05) is 43.1 Å². The van der Waals surface area contributed by atoms with E-state index in [9.17, 15) is 4.79 Å². The smallest absolute Gasteiger partial charge is 0.255 e. The molecular formula is C30H30N8O. The van der Waals surface area contributed by atoms with Gasteiger partial charge in [-0.3, -0.25) is 4.79 Å². The van der Waals surface area contributed by atoms with Crippen molar-refractivity contribution in [2.24, 2.45) is 0 Å². The van der Waals surface area contributed by atoms with Crippen LogP contribution in [-0.2, 0) is 0 Å². The molecule has 0 saturated heterocycles. The Morgan fingerprint density at radius 1 is 0.923 bits per heavy atom. The summed E-state index contributed by atoms with van der Waals surface area (Å²) in [7, 11) is 4.07. The number of carbonyl (C=O) groups excluding carboxylic acids is 1. The zero-order valence-electron chi connectivity index (χ0n) is 21.8. The number of carbonyl (C=O) groups is 1. The summed E-state index contributed by atoms with van der Waals surface area (Å²) in [6.45, 7) is 1.63. The maximum atomic E-state index is 12.8. The van der Waals surface area contributed by atoms with E-state index in [2.05, 4.69) is 52.9 Å². The summed E-state index contributed by atoms with van der Waals surface area (Å²) in [6, 6.07) is 20.8. The third kappa shape index (κ3) is 6.85. The summed E-state index contributed by atoms with van der Waals surface area (Å²) in [6.07, 6.45) is 9.36. The molecule has 39 heavy (non-hydrogen) atoms. The Kier molecular flexibility index (Phi) is 7.89. The van der Waals surface area contributed by atoms with Gasteiger partial charge in [-0.1, -0.05) is 18.2 Å². The molecule has 0 atom stereocenters. The number of fused-ring (bicyclic) bond motifs is 1. The van der Waals surface area contributed by atoms with E-state index in [1.54, 1.807) is 6.20 Å². The van der Waals surface area contributed by atoms with Crippen molar-refractivity contribution in [3.63, 3.8) is 0 Å². The van der Waals surface area contributed by atoms with Crippen LogP contribution in [0.15, 0.2) is 97.6 Å². The van der Waals surface area contributed by atoms with Gasteiger partial charge in [-0.2, -0.15) is 0 Å². The van der Waals surface area contributed by atoms with E-state index in [1.807, 2.05) is 87.0 Å². The zero-order valence-corrected chi connectivity index (χ0v) is 21.8. The van der Waals surface area contributed by atoms with Crippen molar-refractivity contribution >= 4 is 39.8 Å². The van der Waals surface area contributed by atoms with Crippen LogP contribution >= 0.6 is 0 Å². The first-order valence-electron chi connectivity index (χ1n) is 12.6. The number of aromatic amines is 1. The van der Waals surface area contributed by atoms with E-state index in [0.717, 1.165) is 46.8 Å². The molecule has 2 aromatic carbocycles. The summed E-state index contributed by atoms with van der Waals surface area (Å²) in [5.41, 5.74) is 5.50. The lowest BCUT2D eigenvalue weighted by Gasteiger charge is -2.10. The SMILES string of the molecule is CN(C)C/C=C/CNc1ccc(C(=O)Nc2cccc(Nc3cc(-c4cnc5[nH]ccc5c4)ncn3)c2)cc1. The van der Waals surface area contributed by atoms with Gasteiger partial charge in [-0.15, -0.1) is 0 Å². The number of nitrogens with one attached hydrogen (secondary N) is 4. The molecule has 0 fully saturated rings. The Labute approximate surface area is 227 Å². The Morgan fingerprint density at radius 2 is 1.77 bits per heavy atom. The van der Waals surface area contributed by atoms with Crippen molar-refractivity contribution in [3.8, 4) is 11.3 Å². The van der Waals surface area contributed by atoms with Gasteiger partial charge in [0.1, 0.15) is 17.8 Å². The number of amides is 1. The van der Waals surface area contributed by atoms with Gasteiger partial charge < -0.3 is 25.8 Å². The number of hydrogen-bond acceptors (Lipinski definition) is 7. The second-order valence-electron chi connectivity index (χ2n) is 9.28. The molecule has 9 heteroatoms. The summed E-state index contributed by atoms with van der Waals surface area (Å²) in [4.78, 5) is 31.2. The van der Waals surface area contributed by atoms with Crippen LogP contribution in [0.5, 0.6) is 0 Å². The molecule has 0 unspecified atom stereocenters. The van der Waals surface area contributed by atoms with Crippen LogP contribution in [-0.4, -0.2) is 57.9 Å². The second-order valence-corrected chi connectivity index (χ2v) is 9.28. The maximum absolute atomic E-state index is 12.8. The van der Waals surface area contributed by atoms with E-state index in [1.165, 1.54) is 6.33 Å². The van der Waals surface area contributed by atoms with Gasteiger partial charge >= 0.3 is 0 Å². The molecular weight excluding hydrogens is 488 g/mol. The minimum atomic E-state index is -0.179. The van der Waals surface area contributed by atoms with Crippen molar-refractivity contribution < 1.29 is 4.79 Å². The van der Waals surface area contributed by atoms with Crippen LogP contribution in [0.2, 0.25) is 0 Å². The topological polar surface area (TPSA) is 111 Å². The molecule has 3 heterocycles. The lowest BCUT2D eigenvalue weighted by atomic mass is 10.1. The van der Waals surface area contributed by atoms with E-state index < -0.39 is 0 Å². The molecule has 196 valence electrons. The maximum Gasteiger partial charge on any atom is 0.255 e. The summed E-state index contributed by atoms with van der Waals surface area (Å²) < 4.78 is 0. The van der Waals surface area contributed by atoms with Gasteiger partial charge in [0, 0.05) is 65.1 Å². The molecule has 0 aliphatic rings. The molecule has 0 radical (unpaired) electrons. The van der Waals surface area contributed by atoms with Crippen LogP contribution < -0.4 is 16.0 Å². The van der Waals surface area contributed by atoms with Gasteiger partial charge in [-0.25, -0.2) is 15.0 Å². The summed E-state index contributed by atoms with van der Waals surface area (Å²) >= 11 is 0. The normalized spacial score (nSPS) is 11.3. The van der Waals surface area contributed by atoms with Gasteiger partial charge in [0.2, 0.25) is 0 Å². The van der Waals surface area contributed by atoms with Gasteiger partial charge in [0.05, 0.1) is 5.69 Å². The zero-order chi connectivity index (χ0) is 27.0. The lowest BCUT2D eigenvalue weighted by molar-refractivity contribution is 0.102. The largest absolute Gasteiger partial charge is 0.382 e. The number of pyridine rings is 1. The number of hydrogen-bond donors (Lipinski definition) is 4. The van der Waals surface area contributed by atoms with E-state index >= 15 is 0 Å². The summed E-state index contributed by atoms with van der Waals surface area (Å²) in [5, 5.41) is 10.6. The molecule has 5 rings (SSSR count). The van der Waals surface area contributed by atoms with E-state index in [-0.39, 0.29) is 5.91 Å². The Hall–Kier alpha value is -5.02. The third-order valence-electron chi connectivity index (χ3n) is 5.96. The first-order valence-corrected chi connectivity index (χ1v) is 12.6. The van der Waals surface area contributed by atoms with Crippen LogP contribution in [0.3, 0.4) is 0 Å². The van der Waals surface area contributed by atoms with Crippen molar-refractivity contribution in [3.05, 3.63) is 103 Å². The minimum Gasteiger partial charge on any atom is -0.382 e. The fourth-order valence-corrected chi connectivity index (χ4v) is 3.97. The van der Waals surface area contributed by atoms with Crippen LogP contribution in [0.1, 0.15) is 10.4 Å². The molecule has 0 aliphatic carbocycles. The average molecular weight is 519 g/mol. The molecule has 1 amide bonds. The minimum absolute atomic E-state index is 0.179. The number of benzene rings is 2. The average Bonchev–Trinajstić information content (AvgIpc) is 3.41. The summed E-state index contributed by atoms with van der Waals surface area (Å²) in [5.74, 6) is 0.457. The highest BCUT2D eigenvalue weighted by Crippen LogP contribution is 2.24. The predicted molar refractivity (Wildman–Crippen MR) is 157 cm³/mol. The molecule has 4 N–H and O–H groups in total. The fraction of sp³-hybridized carbons (Fsp3) is 0.133.